The molecule has 0 saturated carbocycles. The second-order valence-corrected chi connectivity index (χ2v) is 12.5. The molecule has 3 aromatic carbocycles. The number of hydrogen-bond donors (Lipinski definition) is 2. The van der Waals surface area contributed by atoms with Gasteiger partial charge in [-0.3, -0.25) is 14.9 Å². The van der Waals surface area contributed by atoms with E-state index in [1.54, 1.807) is 41.8 Å². The smallest absolute Gasteiger partial charge is 0.355 e. The van der Waals surface area contributed by atoms with Gasteiger partial charge in [0, 0.05) is 28.5 Å². The molecular weight excluding hydrogens is 657 g/mol. The van der Waals surface area contributed by atoms with Crippen molar-refractivity contribution in [2.75, 3.05) is 7.11 Å². The maximum Gasteiger partial charge on any atom is 0.355 e. The van der Waals surface area contributed by atoms with Crippen LogP contribution in [0, 0.1) is 0 Å². The predicted molar refractivity (Wildman–Crippen MR) is 189 cm³/mol. The number of amides is 1. The second kappa shape index (κ2) is 13.2. The Labute approximate surface area is 292 Å². The van der Waals surface area contributed by atoms with Gasteiger partial charge in [-0.25, -0.2) is 14.6 Å². The molecule has 0 aliphatic carbocycles. The van der Waals surface area contributed by atoms with Gasteiger partial charge in [0.05, 0.1) is 36.1 Å². The van der Waals surface area contributed by atoms with Gasteiger partial charge in [0.15, 0.2) is 5.11 Å². The molecule has 4 heterocycles. The van der Waals surface area contributed by atoms with Crippen LogP contribution in [0.3, 0.4) is 0 Å². The molecule has 0 bridgehead atoms. The molecule has 50 heavy (non-hydrogen) atoms. The zero-order chi connectivity index (χ0) is 35.0. The Morgan fingerprint density at radius 3 is 2.50 bits per heavy atom. The van der Waals surface area contributed by atoms with Crippen LogP contribution in [-0.2, 0) is 44.2 Å². The van der Waals surface area contributed by atoms with Gasteiger partial charge >= 0.3 is 11.9 Å². The van der Waals surface area contributed by atoms with Gasteiger partial charge < -0.3 is 24.1 Å². The van der Waals surface area contributed by atoms with E-state index in [9.17, 15) is 19.2 Å². The lowest BCUT2D eigenvalue weighted by atomic mass is 9.85. The number of rotatable bonds is 8. The summed E-state index contributed by atoms with van der Waals surface area (Å²) < 4.78 is 18.5. The van der Waals surface area contributed by atoms with E-state index in [0.717, 1.165) is 22.0 Å². The van der Waals surface area contributed by atoms with Gasteiger partial charge in [-0.15, -0.1) is 0 Å². The fourth-order valence-electron chi connectivity index (χ4n) is 6.48. The van der Waals surface area contributed by atoms with E-state index >= 15 is 0 Å². The first-order valence-electron chi connectivity index (χ1n) is 16.1. The third-order valence-corrected chi connectivity index (χ3v) is 9.33. The van der Waals surface area contributed by atoms with Crippen LogP contribution in [-0.4, -0.2) is 45.7 Å². The molecule has 7 rings (SSSR count). The zero-order valence-corrected chi connectivity index (χ0v) is 28.0. The highest BCUT2D eigenvalue weighted by molar-refractivity contribution is 7.80. The van der Waals surface area contributed by atoms with Crippen LogP contribution < -0.4 is 20.9 Å². The van der Waals surface area contributed by atoms with E-state index in [1.807, 2.05) is 60.7 Å². The summed E-state index contributed by atoms with van der Waals surface area (Å²) in [5.74, 6) is -1.53. The normalized spacial score (nSPS) is 16.3. The Morgan fingerprint density at radius 1 is 1.02 bits per heavy atom. The van der Waals surface area contributed by atoms with E-state index in [2.05, 4.69) is 10.6 Å². The molecule has 0 radical (unpaired) electrons. The van der Waals surface area contributed by atoms with Gasteiger partial charge in [-0.05, 0) is 66.7 Å². The summed E-state index contributed by atoms with van der Waals surface area (Å²) in [5.41, 5.74) is 2.11. The number of methoxy groups -OCH3 is 1. The van der Waals surface area contributed by atoms with Gasteiger partial charge in [0.1, 0.15) is 18.4 Å². The number of para-hydroxylation sites is 1. The van der Waals surface area contributed by atoms with E-state index in [1.165, 1.54) is 7.11 Å². The minimum atomic E-state index is -1.93. The molecule has 1 amide bonds. The fraction of sp³-hybridized carbons (Fsp3) is 0.211. The number of nitrogens with one attached hydrogen (secondary N) is 2. The number of nitrogens with zero attached hydrogens (tertiary/aromatic N) is 2. The number of esters is 2. The lowest BCUT2D eigenvalue weighted by molar-refractivity contribution is -0.190. The van der Waals surface area contributed by atoms with E-state index in [4.69, 9.17) is 31.4 Å². The van der Waals surface area contributed by atoms with Crippen LogP contribution in [0.4, 0.5) is 0 Å². The Morgan fingerprint density at radius 2 is 1.76 bits per heavy atom. The molecular formula is C38H32N4O7S. The quantitative estimate of drug-likeness (QED) is 0.173. The highest BCUT2D eigenvalue weighted by atomic mass is 32.1. The highest BCUT2D eigenvalue weighted by Crippen LogP contribution is 2.41. The summed E-state index contributed by atoms with van der Waals surface area (Å²) in [7, 11) is 1.53. The summed E-state index contributed by atoms with van der Waals surface area (Å²) >= 11 is 5.46. The molecule has 0 saturated heterocycles. The van der Waals surface area contributed by atoms with E-state index in [0.29, 0.717) is 29.2 Å². The third-order valence-electron chi connectivity index (χ3n) is 9.11. The minimum absolute atomic E-state index is 0.0117. The number of pyridine rings is 2. The van der Waals surface area contributed by atoms with Gasteiger partial charge in [0.2, 0.25) is 5.60 Å². The molecule has 0 fully saturated rings. The molecule has 0 unspecified atom stereocenters. The summed E-state index contributed by atoms with van der Waals surface area (Å²) in [4.78, 5) is 59.6. The largest absolute Gasteiger partial charge is 0.497 e. The van der Waals surface area contributed by atoms with Crippen molar-refractivity contribution in [2.45, 2.75) is 44.6 Å². The summed E-state index contributed by atoms with van der Waals surface area (Å²) in [6.45, 7) is 1.74. The molecule has 2 aliphatic heterocycles. The van der Waals surface area contributed by atoms with Crippen molar-refractivity contribution in [1.82, 2.24) is 20.2 Å². The topological polar surface area (TPSA) is 138 Å². The highest BCUT2D eigenvalue weighted by Gasteiger charge is 2.51. The lowest BCUT2D eigenvalue weighted by Gasteiger charge is -2.36. The van der Waals surface area contributed by atoms with Crippen molar-refractivity contribution >= 4 is 46.1 Å². The van der Waals surface area contributed by atoms with Crippen LogP contribution >= 0.6 is 12.2 Å². The lowest BCUT2D eigenvalue weighted by Crippen LogP contribution is -2.53. The number of fused-ring (bicyclic) bond motifs is 5. The Bertz CT molecular complexity index is 2240. The van der Waals surface area contributed by atoms with Gasteiger partial charge in [0.25, 0.3) is 11.5 Å². The summed E-state index contributed by atoms with van der Waals surface area (Å²) in [6, 6.07) is 25.9. The summed E-state index contributed by atoms with van der Waals surface area (Å²) in [6.07, 6.45) is 0.0965. The van der Waals surface area contributed by atoms with Gasteiger partial charge in [-0.1, -0.05) is 55.5 Å². The zero-order valence-electron chi connectivity index (χ0n) is 27.2. The van der Waals surface area contributed by atoms with Crippen LogP contribution in [0.1, 0.15) is 46.0 Å². The number of thiocarbonyl (C=S) groups is 1. The first-order valence-corrected chi connectivity index (χ1v) is 16.5. The van der Waals surface area contributed by atoms with Crippen molar-refractivity contribution in [3.63, 3.8) is 0 Å². The number of benzene rings is 3. The number of hydrogen-bond acceptors (Lipinski definition) is 9. The molecule has 11 nitrogen and oxygen atoms in total. The Kier molecular flexibility index (Phi) is 8.62. The standard InChI is InChI=1S/C38H32N4O7S/c1-3-38(28-19-31-32-25(18-24-11-7-8-12-29(24)39-32)20-42(31)34(44)27(28)21-48-36(38)46)49-35(45)30(17-22-9-5-4-6-10-22)40-37(50)41-33(43)23-13-15-26(47-2)16-14-23/h4-16,18-19,30H,3,17,20-21H2,1-2H3,(H2,40,41,43,50)/t30-,38-/m0/s1. The maximum absolute atomic E-state index is 14.2. The van der Waals surface area contributed by atoms with Gasteiger partial charge in [-0.2, -0.15) is 0 Å². The molecule has 2 aliphatic rings. The van der Waals surface area contributed by atoms with E-state index in [-0.39, 0.29) is 41.2 Å². The third kappa shape index (κ3) is 5.87. The Hall–Kier alpha value is -5.88. The molecule has 2 atom stereocenters. The monoisotopic (exact) mass is 688 g/mol. The van der Waals surface area contributed by atoms with E-state index < -0.39 is 29.5 Å². The van der Waals surface area contributed by atoms with Crippen LogP contribution in [0.15, 0.2) is 95.8 Å². The minimum Gasteiger partial charge on any atom is -0.497 e. The molecule has 2 aromatic heterocycles. The van der Waals surface area contributed by atoms with Crippen molar-refractivity contribution in [1.29, 1.82) is 0 Å². The van der Waals surface area contributed by atoms with Crippen LogP contribution in [0.5, 0.6) is 5.75 Å². The number of ether oxygens (including phenoxy) is 3. The first-order chi connectivity index (χ1) is 24.2. The SMILES string of the molecule is CC[C@@]1(OC(=O)[C@H](Cc2ccccc2)NC(=S)NC(=O)c2ccc(OC)cc2)C(=O)OCc2c1cc1n(c2=O)Cc2cc3ccccc3nc2-1. The maximum atomic E-state index is 14.2. The molecule has 5 aromatic rings. The first kappa shape index (κ1) is 32.7. The van der Waals surface area contributed by atoms with Crippen LogP contribution in [0.25, 0.3) is 22.3 Å². The van der Waals surface area contributed by atoms with Crippen molar-refractivity contribution in [2.24, 2.45) is 0 Å². The number of cyclic esters (lactones) is 1. The van der Waals surface area contributed by atoms with Crippen molar-refractivity contribution in [3.8, 4) is 17.1 Å². The predicted octanol–water partition coefficient (Wildman–Crippen LogP) is 4.55. The molecule has 12 heteroatoms. The fourth-order valence-corrected chi connectivity index (χ4v) is 6.72. The average molecular weight is 689 g/mol. The number of carbonyl (C=O) groups excluding carboxylic acids is 3. The molecule has 0 spiro atoms. The number of aromatic nitrogens is 2. The molecule has 2 N–H and O–H groups in total. The van der Waals surface area contributed by atoms with Crippen LogP contribution in [0.2, 0.25) is 0 Å². The Balaban J connectivity index is 1.21. The number of carbonyl (C=O) groups is 3. The van der Waals surface area contributed by atoms with Crippen molar-refractivity contribution in [3.05, 3.63) is 129 Å². The molecule has 252 valence electrons. The average Bonchev–Trinajstić information content (AvgIpc) is 3.49. The van der Waals surface area contributed by atoms with Crippen molar-refractivity contribution < 1.29 is 28.6 Å². The second-order valence-electron chi connectivity index (χ2n) is 12.1. The summed E-state index contributed by atoms with van der Waals surface area (Å²) in [5, 5.41) is 6.35.